The molecule has 0 fully saturated rings. The van der Waals surface area contributed by atoms with Crippen LogP contribution in [0, 0.1) is 0 Å². The molecule has 0 aliphatic heterocycles. The third-order valence-electron chi connectivity index (χ3n) is 2.01. The number of hydrogen-bond donors (Lipinski definition) is 2. The summed E-state index contributed by atoms with van der Waals surface area (Å²) in [5, 5.41) is 5.59. The molecule has 0 aromatic carbocycles. The average molecular weight is 264 g/mol. The lowest BCUT2D eigenvalue weighted by Crippen LogP contribution is -2.23. The topological polar surface area (TPSA) is 76.1 Å². The Balaban J connectivity index is 1.96. The van der Waals surface area contributed by atoms with Crippen molar-refractivity contribution in [3.8, 4) is 0 Å². The minimum Gasteiger partial charge on any atom is -0.316 e. The molecule has 18 heavy (non-hydrogen) atoms. The fourth-order valence-corrected chi connectivity index (χ4v) is 2.02. The van der Waals surface area contributed by atoms with Gasteiger partial charge in [-0.15, -0.1) is 11.3 Å². The molecule has 0 aliphatic carbocycles. The summed E-state index contributed by atoms with van der Waals surface area (Å²) < 4.78 is 0. The van der Waals surface area contributed by atoms with Crippen LogP contribution in [-0.4, -0.2) is 23.0 Å². The number of rotatable bonds is 5. The van der Waals surface area contributed by atoms with E-state index in [0.717, 1.165) is 5.82 Å². The number of carbonyl (C=O) groups excluding carboxylic acids is 1. The standard InChI is InChI=1S/C11H12N4O2S/c1-17-15-10(16)6-8-7-18-11(13-8)14-9-4-2-3-5-12-9/h2-5,7H,6H2,1H3,(H,15,16)(H,12,13,14). The Kier molecular flexibility index (Phi) is 4.21. The molecule has 0 unspecified atom stereocenters. The van der Waals surface area contributed by atoms with E-state index in [0.29, 0.717) is 10.8 Å². The molecule has 2 N–H and O–H groups in total. The first-order valence-electron chi connectivity index (χ1n) is 5.22. The summed E-state index contributed by atoms with van der Waals surface area (Å²) in [6.45, 7) is 0. The van der Waals surface area contributed by atoms with E-state index in [1.807, 2.05) is 23.6 Å². The van der Waals surface area contributed by atoms with Gasteiger partial charge in [0.15, 0.2) is 5.13 Å². The summed E-state index contributed by atoms with van der Waals surface area (Å²) >= 11 is 1.42. The summed E-state index contributed by atoms with van der Waals surface area (Å²) in [6, 6.07) is 5.57. The first-order valence-corrected chi connectivity index (χ1v) is 6.10. The molecule has 0 saturated heterocycles. The highest BCUT2D eigenvalue weighted by atomic mass is 32.1. The van der Waals surface area contributed by atoms with Gasteiger partial charge in [0.1, 0.15) is 5.82 Å². The Bertz CT molecular complexity index is 515. The highest BCUT2D eigenvalue weighted by Crippen LogP contribution is 2.19. The number of aromatic nitrogens is 2. The molecule has 0 bridgehead atoms. The summed E-state index contributed by atoms with van der Waals surface area (Å²) in [5.74, 6) is 0.493. The maximum Gasteiger partial charge on any atom is 0.249 e. The predicted molar refractivity (Wildman–Crippen MR) is 68.5 cm³/mol. The number of nitrogens with zero attached hydrogens (tertiary/aromatic N) is 2. The van der Waals surface area contributed by atoms with E-state index in [1.54, 1.807) is 6.20 Å². The molecule has 0 aliphatic rings. The van der Waals surface area contributed by atoms with E-state index in [-0.39, 0.29) is 12.3 Å². The average Bonchev–Trinajstić information content (AvgIpc) is 2.78. The van der Waals surface area contributed by atoms with Crippen molar-refractivity contribution in [1.82, 2.24) is 15.4 Å². The fraction of sp³-hybridized carbons (Fsp3) is 0.182. The minimum absolute atomic E-state index is 0.189. The first-order chi connectivity index (χ1) is 8.78. The molecular weight excluding hydrogens is 252 g/mol. The Labute approximate surface area is 108 Å². The van der Waals surface area contributed by atoms with Crippen molar-refractivity contribution in [1.29, 1.82) is 0 Å². The number of amides is 1. The number of thiazole rings is 1. The molecule has 0 saturated carbocycles. The van der Waals surface area contributed by atoms with Gasteiger partial charge in [0.2, 0.25) is 5.91 Å². The number of nitrogens with one attached hydrogen (secondary N) is 2. The van der Waals surface area contributed by atoms with Crippen LogP contribution in [0.1, 0.15) is 5.69 Å². The van der Waals surface area contributed by atoms with E-state index < -0.39 is 0 Å². The quantitative estimate of drug-likeness (QED) is 0.800. The lowest BCUT2D eigenvalue weighted by atomic mass is 10.3. The van der Waals surface area contributed by atoms with Gasteiger partial charge in [0.05, 0.1) is 19.2 Å². The molecule has 0 radical (unpaired) electrons. The van der Waals surface area contributed by atoms with Crippen molar-refractivity contribution in [2.45, 2.75) is 6.42 Å². The second-order valence-electron chi connectivity index (χ2n) is 3.39. The van der Waals surface area contributed by atoms with Crippen LogP contribution < -0.4 is 10.8 Å². The third-order valence-corrected chi connectivity index (χ3v) is 2.82. The van der Waals surface area contributed by atoms with Crippen molar-refractivity contribution >= 4 is 28.2 Å². The fourth-order valence-electron chi connectivity index (χ4n) is 1.31. The molecule has 2 aromatic rings. The van der Waals surface area contributed by atoms with Gasteiger partial charge in [-0.25, -0.2) is 15.4 Å². The molecule has 7 heteroatoms. The molecule has 0 atom stereocenters. The van der Waals surface area contributed by atoms with Gasteiger partial charge in [0.25, 0.3) is 0 Å². The van der Waals surface area contributed by atoms with Gasteiger partial charge in [-0.05, 0) is 12.1 Å². The van der Waals surface area contributed by atoms with Crippen LogP contribution in [0.5, 0.6) is 0 Å². The van der Waals surface area contributed by atoms with E-state index >= 15 is 0 Å². The Morgan fingerprint density at radius 1 is 1.50 bits per heavy atom. The molecular formula is C11H12N4O2S. The van der Waals surface area contributed by atoms with Crippen LogP contribution in [0.4, 0.5) is 10.9 Å². The first kappa shape index (κ1) is 12.5. The van der Waals surface area contributed by atoms with Crippen molar-refractivity contribution in [2.75, 3.05) is 12.4 Å². The minimum atomic E-state index is -0.229. The van der Waals surface area contributed by atoms with E-state index in [1.165, 1.54) is 18.4 Å². The molecule has 2 heterocycles. The number of pyridine rings is 1. The predicted octanol–water partition coefficient (Wildman–Crippen LogP) is 1.50. The van der Waals surface area contributed by atoms with Crippen LogP contribution in [0.2, 0.25) is 0 Å². The largest absolute Gasteiger partial charge is 0.316 e. The second-order valence-corrected chi connectivity index (χ2v) is 4.25. The molecule has 2 rings (SSSR count). The van der Waals surface area contributed by atoms with Crippen molar-refractivity contribution < 1.29 is 9.63 Å². The maximum atomic E-state index is 11.3. The Morgan fingerprint density at radius 2 is 2.39 bits per heavy atom. The zero-order valence-electron chi connectivity index (χ0n) is 9.71. The summed E-state index contributed by atoms with van der Waals surface area (Å²) in [6.07, 6.45) is 1.89. The van der Waals surface area contributed by atoms with E-state index in [4.69, 9.17) is 0 Å². The normalized spacial score (nSPS) is 10.1. The van der Waals surface area contributed by atoms with Crippen molar-refractivity contribution in [3.63, 3.8) is 0 Å². The van der Waals surface area contributed by atoms with Gasteiger partial charge in [0, 0.05) is 11.6 Å². The molecule has 94 valence electrons. The summed E-state index contributed by atoms with van der Waals surface area (Å²) in [4.78, 5) is 24.2. The highest BCUT2D eigenvalue weighted by Gasteiger charge is 2.07. The highest BCUT2D eigenvalue weighted by molar-refractivity contribution is 7.13. The smallest absolute Gasteiger partial charge is 0.249 e. The maximum absolute atomic E-state index is 11.3. The summed E-state index contributed by atoms with van der Waals surface area (Å²) in [5.41, 5.74) is 2.93. The zero-order chi connectivity index (χ0) is 12.8. The molecule has 2 aromatic heterocycles. The van der Waals surface area contributed by atoms with Crippen LogP contribution in [0.3, 0.4) is 0 Å². The number of hydrogen-bond acceptors (Lipinski definition) is 6. The Hall–Kier alpha value is -1.99. The van der Waals surface area contributed by atoms with Crippen LogP contribution in [-0.2, 0) is 16.1 Å². The number of carbonyl (C=O) groups is 1. The third kappa shape index (κ3) is 3.51. The molecule has 6 nitrogen and oxygen atoms in total. The number of hydroxylamine groups is 1. The van der Waals surface area contributed by atoms with E-state index in [2.05, 4.69) is 25.6 Å². The lowest BCUT2D eigenvalue weighted by Gasteiger charge is -2.00. The van der Waals surface area contributed by atoms with Crippen LogP contribution in [0.15, 0.2) is 29.8 Å². The summed E-state index contributed by atoms with van der Waals surface area (Å²) in [7, 11) is 1.40. The van der Waals surface area contributed by atoms with Gasteiger partial charge in [-0.3, -0.25) is 9.63 Å². The van der Waals surface area contributed by atoms with Crippen LogP contribution >= 0.6 is 11.3 Å². The van der Waals surface area contributed by atoms with Crippen molar-refractivity contribution in [2.24, 2.45) is 0 Å². The van der Waals surface area contributed by atoms with E-state index in [9.17, 15) is 4.79 Å². The molecule has 1 amide bonds. The van der Waals surface area contributed by atoms with Gasteiger partial charge < -0.3 is 5.32 Å². The van der Waals surface area contributed by atoms with Gasteiger partial charge >= 0.3 is 0 Å². The zero-order valence-corrected chi connectivity index (χ0v) is 10.5. The molecule has 0 spiro atoms. The van der Waals surface area contributed by atoms with Crippen molar-refractivity contribution in [3.05, 3.63) is 35.5 Å². The van der Waals surface area contributed by atoms with Gasteiger partial charge in [-0.1, -0.05) is 6.07 Å². The Morgan fingerprint density at radius 3 is 3.11 bits per heavy atom. The number of anilines is 2. The lowest BCUT2D eigenvalue weighted by molar-refractivity contribution is -0.130. The monoisotopic (exact) mass is 264 g/mol. The van der Waals surface area contributed by atoms with Crippen LogP contribution in [0.25, 0.3) is 0 Å². The SMILES string of the molecule is CONC(=O)Cc1csc(Nc2ccccn2)n1. The second kappa shape index (κ2) is 6.08. The van der Waals surface area contributed by atoms with Gasteiger partial charge in [-0.2, -0.15) is 0 Å².